The molecule has 1 aromatic heterocycles. The van der Waals surface area contributed by atoms with Crippen molar-refractivity contribution >= 4 is 28.8 Å². The Labute approximate surface area is 272 Å². The normalized spacial score (nSPS) is 31.6. The molecule has 0 radical (unpaired) electrons. The van der Waals surface area contributed by atoms with Crippen LogP contribution in [0.4, 0.5) is 4.79 Å². The van der Waals surface area contributed by atoms with Crippen LogP contribution in [0.2, 0.25) is 0 Å². The van der Waals surface area contributed by atoms with E-state index in [9.17, 15) is 14.4 Å². The highest BCUT2D eigenvalue weighted by Crippen LogP contribution is 2.54. The number of alkyl carbamates (subject to hydrolysis) is 1. The number of fused-ring (bicyclic) bond motifs is 6. The number of hydrogen-bond donors (Lipinski definition) is 1. The third-order valence-electron chi connectivity index (χ3n) is 11.2. The number of carbonyl (C=O) groups is 3. The van der Waals surface area contributed by atoms with Gasteiger partial charge in [0.25, 0.3) is 0 Å². The van der Waals surface area contributed by atoms with E-state index >= 15 is 0 Å². The lowest BCUT2D eigenvalue weighted by atomic mass is 9.85. The Hall–Kier alpha value is -3.43. The predicted octanol–water partition coefficient (Wildman–Crippen LogP) is 6.13. The maximum absolute atomic E-state index is 14.4. The first-order valence-electron chi connectivity index (χ1n) is 17.1. The minimum Gasteiger partial charge on any atom is -0.497 e. The highest BCUT2D eigenvalue weighted by atomic mass is 16.6. The zero-order valence-corrected chi connectivity index (χ0v) is 28.5. The number of ether oxygens (including phenoxy) is 3. The van der Waals surface area contributed by atoms with Crippen molar-refractivity contribution in [3.63, 3.8) is 0 Å². The SMILES string of the molecule is COc1ccc2nc3c(nc2c1)O[C@H]1CN(C(=O)[C@H](C(C)(C)C)NC(=O)O[C@]2(C)CCC[C@H]2CCCCC32CC2)[C@H](C(C)=O)[C@@H]1C. The van der Waals surface area contributed by atoms with Gasteiger partial charge >= 0.3 is 6.09 Å². The zero-order valence-electron chi connectivity index (χ0n) is 28.5. The molecule has 1 spiro atoms. The number of ketones is 1. The molecule has 6 atom stereocenters. The van der Waals surface area contributed by atoms with Crippen molar-refractivity contribution in [2.75, 3.05) is 13.7 Å². The molecule has 6 rings (SSSR count). The van der Waals surface area contributed by atoms with E-state index in [1.165, 1.54) is 6.92 Å². The number of Topliss-reactive ketones (excluding diaryl/α,β-unsaturated/α-hetero) is 1. The summed E-state index contributed by atoms with van der Waals surface area (Å²) in [6.07, 6.45) is 7.78. The standard InChI is InChI=1S/C36H50N4O6/c1-21-27-20-40(28(21)22(2)41)32(42)30(34(3,4)5)39-33(43)46-35(6)15-10-12-23(35)11-8-9-16-36(17-18-36)29-31(45-27)38-26-19-24(44-7)13-14-25(26)37-29/h13-14,19,21,23,27-28,30H,8-12,15-18,20H2,1-7H3,(H,39,43)/t21-,23-,27+,28+,30-,35-/m1/s1. The van der Waals surface area contributed by atoms with Crippen LogP contribution in [0.5, 0.6) is 11.6 Å². The second-order valence-corrected chi connectivity index (χ2v) is 15.6. The fourth-order valence-electron chi connectivity index (χ4n) is 8.21. The van der Waals surface area contributed by atoms with Crippen molar-refractivity contribution in [3.8, 4) is 11.6 Å². The van der Waals surface area contributed by atoms with Gasteiger partial charge in [-0.25, -0.2) is 14.8 Å². The van der Waals surface area contributed by atoms with Crippen LogP contribution in [0.15, 0.2) is 18.2 Å². The fourth-order valence-corrected chi connectivity index (χ4v) is 8.21. The molecule has 1 N–H and O–H groups in total. The summed E-state index contributed by atoms with van der Waals surface area (Å²) in [7, 11) is 1.62. The molecule has 10 heteroatoms. The number of hydrogen-bond acceptors (Lipinski definition) is 8. The average molecular weight is 635 g/mol. The molecular formula is C36H50N4O6. The molecule has 250 valence electrons. The molecule has 1 aromatic carbocycles. The van der Waals surface area contributed by atoms with E-state index in [1.54, 1.807) is 12.0 Å². The Morgan fingerprint density at radius 2 is 1.78 bits per heavy atom. The van der Waals surface area contributed by atoms with Gasteiger partial charge in [0.05, 0.1) is 30.7 Å². The van der Waals surface area contributed by atoms with E-state index in [-0.39, 0.29) is 35.5 Å². The van der Waals surface area contributed by atoms with E-state index in [4.69, 9.17) is 24.2 Å². The van der Waals surface area contributed by atoms with Crippen LogP contribution in [-0.2, 0) is 19.7 Å². The van der Waals surface area contributed by atoms with Crippen molar-refractivity contribution in [3.05, 3.63) is 23.9 Å². The minimum atomic E-state index is -0.895. The van der Waals surface area contributed by atoms with Gasteiger partial charge in [0.15, 0.2) is 5.78 Å². The number of nitrogens with one attached hydrogen (secondary N) is 1. The van der Waals surface area contributed by atoms with E-state index < -0.39 is 35.3 Å². The zero-order chi connectivity index (χ0) is 33.0. The lowest BCUT2D eigenvalue weighted by molar-refractivity contribution is -0.141. The average Bonchev–Trinajstić information content (AvgIpc) is 3.59. The third kappa shape index (κ3) is 6.04. The van der Waals surface area contributed by atoms with Crippen molar-refractivity contribution in [2.45, 2.75) is 129 Å². The van der Waals surface area contributed by atoms with Crippen LogP contribution in [-0.4, -0.2) is 70.1 Å². The molecule has 0 unspecified atom stereocenters. The van der Waals surface area contributed by atoms with Gasteiger partial charge < -0.3 is 24.4 Å². The Bertz CT molecular complexity index is 1520. The summed E-state index contributed by atoms with van der Waals surface area (Å²) in [6.45, 7) is 11.4. The summed E-state index contributed by atoms with van der Waals surface area (Å²) in [5, 5.41) is 2.93. The monoisotopic (exact) mass is 634 g/mol. The molecule has 3 heterocycles. The fraction of sp³-hybridized carbons (Fsp3) is 0.694. The maximum atomic E-state index is 14.4. The number of carbonyl (C=O) groups excluding carboxylic acids is 3. The van der Waals surface area contributed by atoms with Gasteiger partial charge in [-0.1, -0.05) is 40.5 Å². The van der Waals surface area contributed by atoms with Crippen molar-refractivity contribution in [2.24, 2.45) is 17.3 Å². The summed E-state index contributed by atoms with van der Waals surface area (Å²) in [5.74, 6) is 0.676. The topological polar surface area (TPSA) is 120 Å². The highest BCUT2D eigenvalue weighted by molar-refractivity contribution is 5.92. The van der Waals surface area contributed by atoms with E-state index in [0.717, 1.165) is 69.0 Å². The van der Waals surface area contributed by atoms with Gasteiger partial charge in [-0.05, 0) is 82.3 Å². The summed E-state index contributed by atoms with van der Waals surface area (Å²) in [5.41, 5.74) is 0.998. The second-order valence-electron chi connectivity index (χ2n) is 15.6. The van der Waals surface area contributed by atoms with Crippen LogP contribution >= 0.6 is 0 Å². The quantitative estimate of drug-likeness (QED) is 0.419. The molecule has 2 saturated carbocycles. The van der Waals surface area contributed by atoms with Crippen molar-refractivity contribution < 1.29 is 28.6 Å². The van der Waals surface area contributed by atoms with Crippen LogP contribution in [0.1, 0.15) is 105 Å². The first-order valence-corrected chi connectivity index (χ1v) is 17.1. The smallest absolute Gasteiger partial charge is 0.408 e. The number of rotatable bonds is 2. The van der Waals surface area contributed by atoms with E-state index in [2.05, 4.69) is 5.32 Å². The Balaban J connectivity index is 1.42. The molecule has 1 saturated heterocycles. The molecule has 2 bridgehead atoms. The van der Waals surface area contributed by atoms with Crippen molar-refractivity contribution in [1.82, 2.24) is 20.2 Å². The summed E-state index contributed by atoms with van der Waals surface area (Å²) in [4.78, 5) is 52.8. The summed E-state index contributed by atoms with van der Waals surface area (Å²) >= 11 is 0. The predicted molar refractivity (Wildman–Crippen MR) is 174 cm³/mol. The molecule has 10 nitrogen and oxygen atoms in total. The van der Waals surface area contributed by atoms with Crippen LogP contribution in [0, 0.1) is 17.3 Å². The van der Waals surface area contributed by atoms with Crippen LogP contribution in [0.25, 0.3) is 11.0 Å². The van der Waals surface area contributed by atoms with Gasteiger partial charge in [0.2, 0.25) is 11.8 Å². The molecule has 2 aromatic rings. The Kier molecular flexibility index (Phi) is 8.47. The summed E-state index contributed by atoms with van der Waals surface area (Å²) in [6, 6.07) is 4.10. The van der Waals surface area contributed by atoms with Crippen molar-refractivity contribution in [1.29, 1.82) is 0 Å². The van der Waals surface area contributed by atoms with Crippen LogP contribution < -0.4 is 14.8 Å². The van der Waals surface area contributed by atoms with Gasteiger partial charge in [0, 0.05) is 17.4 Å². The number of benzene rings is 1. The van der Waals surface area contributed by atoms with Gasteiger partial charge in [-0.2, -0.15) is 0 Å². The number of aromatic nitrogens is 2. The molecular weight excluding hydrogens is 584 g/mol. The second kappa shape index (κ2) is 12.0. The Morgan fingerprint density at radius 1 is 1.04 bits per heavy atom. The number of methoxy groups -OCH3 is 1. The minimum absolute atomic E-state index is 0.119. The molecule has 2 amide bonds. The molecule has 46 heavy (non-hydrogen) atoms. The number of nitrogens with zero attached hydrogens (tertiary/aromatic N) is 3. The largest absolute Gasteiger partial charge is 0.497 e. The van der Waals surface area contributed by atoms with Crippen LogP contribution in [0.3, 0.4) is 0 Å². The first kappa shape index (κ1) is 32.5. The molecule has 4 aliphatic rings. The Morgan fingerprint density at radius 3 is 2.46 bits per heavy atom. The number of amides is 2. The van der Waals surface area contributed by atoms with Gasteiger partial charge in [-0.3, -0.25) is 9.59 Å². The molecule has 2 aliphatic heterocycles. The van der Waals surface area contributed by atoms with E-state index in [1.807, 2.05) is 52.8 Å². The first-order chi connectivity index (χ1) is 21.7. The third-order valence-corrected chi connectivity index (χ3v) is 11.2. The highest BCUT2D eigenvalue weighted by Gasteiger charge is 2.52. The van der Waals surface area contributed by atoms with Gasteiger partial charge in [0.1, 0.15) is 29.2 Å². The van der Waals surface area contributed by atoms with Gasteiger partial charge in [-0.15, -0.1) is 0 Å². The maximum Gasteiger partial charge on any atom is 0.408 e. The van der Waals surface area contributed by atoms with E-state index in [0.29, 0.717) is 17.1 Å². The molecule has 2 aliphatic carbocycles. The summed E-state index contributed by atoms with van der Waals surface area (Å²) < 4.78 is 18.4. The lowest BCUT2D eigenvalue weighted by Gasteiger charge is -2.37. The molecule has 3 fully saturated rings. The lowest BCUT2D eigenvalue weighted by Crippen LogP contribution is -2.58.